The second kappa shape index (κ2) is 10.5. The van der Waals surface area contributed by atoms with E-state index in [0.29, 0.717) is 33.3 Å². The van der Waals surface area contributed by atoms with Crippen LogP contribution in [-0.4, -0.2) is 29.8 Å². The molecule has 3 aromatic carbocycles. The predicted octanol–water partition coefficient (Wildman–Crippen LogP) is 5.22. The molecule has 0 aliphatic rings. The van der Waals surface area contributed by atoms with Gasteiger partial charge in [0.2, 0.25) is 0 Å². The second-order valence-electron chi connectivity index (χ2n) is 8.13. The number of hydrogen-bond acceptors (Lipinski definition) is 5. The Morgan fingerprint density at radius 1 is 1.11 bits per heavy atom. The molecule has 0 atom stereocenters. The van der Waals surface area contributed by atoms with Crippen molar-refractivity contribution in [3.63, 3.8) is 0 Å². The summed E-state index contributed by atoms with van der Waals surface area (Å²) in [5.41, 5.74) is 4.48. The Bertz CT molecular complexity index is 1400. The minimum Gasteiger partial charge on any atom is -0.497 e. The zero-order valence-electron chi connectivity index (χ0n) is 20.1. The minimum atomic E-state index is -3.47. The van der Waals surface area contributed by atoms with Crippen molar-refractivity contribution in [3.8, 4) is 11.5 Å². The van der Waals surface area contributed by atoms with Gasteiger partial charge in [-0.05, 0) is 42.8 Å². The van der Waals surface area contributed by atoms with E-state index >= 15 is 8.78 Å². The van der Waals surface area contributed by atoms with Gasteiger partial charge in [0.15, 0.2) is 5.84 Å². The molecule has 188 valence electrons. The van der Waals surface area contributed by atoms with Gasteiger partial charge >= 0.3 is 5.92 Å². The van der Waals surface area contributed by atoms with Crippen LogP contribution in [0.5, 0.6) is 11.5 Å². The number of hydrazine groups is 1. The quantitative estimate of drug-likeness (QED) is 0.146. The van der Waals surface area contributed by atoms with Gasteiger partial charge in [-0.3, -0.25) is 9.67 Å². The van der Waals surface area contributed by atoms with Gasteiger partial charge in [0.05, 0.1) is 38.5 Å². The SMILES string of the molecule is COc1ccc(CN=C(NN)C(F)(F)c2ccc3c(C)nn(Cc4c(Cl)cccc4OC)c3c2)cc1. The average Bonchev–Trinajstić information content (AvgIpc) is 3.20. The van der Waals surface area contributed by atoms with Crippen LogP contribution in [0, 0.1) is 6.92 Å². The summed E-state index contributed by atoms with van der Waals surface area (Å²) in [5, 5.41) is 5.80. The highest BCUT2D eigenvalue weighted by Gasteiger charge is 2.38. The Morgan fingerprint density at radius 3 is 2.53 bits per heavy atom. The fourth-order valence-corrected chi connectivity index (χ4v) is 4.19. The lowest BCUT2D eigenvalue weighted by Crippen LogP contribution is -2.42. The zero-order chi connectivity index (χ0) is 25.9. The number of hydrogen-bond donors (Lipinski definition) is 2. The molecule has 7 nitrogen and oxygen atoms in total. The maximum atomic E-state index is 15.6. The molecule has 0 radical (unpaired) electrons. The highest BCUT2D eigenvalue weighted by Crippen LogP contribution is 2.34. The molecule has 4 aromatic rings. The number of halogens is 3. The summed E-state index contributed by atoms with van der Waals surface area (Å²) < 4.78 is 43.3. The number of nitrogens with two attached hydrogens (primary N) is 1. The molecular weight excluding hydrogens is 488 g/mol. The lowest BCUT2D eigenvalue weighted by molar-refractivity contribution is 0.0713. The van der Waals surface area contributed by atoms with Crippen molar-refractivity contribution in [1.29, 1.82) is 0 Å². The van der Waals surface area contributed by atoms with E-state index in [1.165, 1.54) is 12.1 Å². The number of aliphatic imine (C=N–C) groups is 1. The van der Waals surface area contributed by atoms with Crippen LogP contribution in [0.1, 0.15) is 22.4 Å². The number of rotatable bonds is 8. The molecule has 3 N–H and O–H groups in total. The van der Waals surface area contributed by atoms with Gasteiger partial charge in [-0.25, -0.2) is 5.84 Å². The molecule has 0 bridgehead atoms. The summed E-state index contributed by atoms with van der Waals surface area (Å²) in [4.78, 5) is 4.06. The summed E-state index contributed by atoms with van der Waals surface area (Å²) in [5.74, 6) is 2.61. The number of fused-ring (bicyclic) bond motifs is 1. The molecule has 0 fully saturated rings. The van der Waals surface area contributed by atoms with Gasteiger partial charge < -0.3 is 14.9 Å². The number of methoxy groups -OCH3 is 2. The number of ether oxygens (including phenoxy) is 2. The molecule has 0 saturated heterocycles. The van der Waals surface area contributed by atoms with Crippen LogP contribution in [-0.2, 0) is 19.0 Å². The van der Waals surface area contributed by atoms with Crippen molar-refractivity contribution in [1.82, 2.24) is 15.2 Å². The lowest BCUT2D eigenvalue weighted by Gasteiger charge is -2.19. The number of aryl methyl sites for hydroxylation is 1. The third kappa shape index (κ3) is 4.98. The van der Waals surface area contributed by atoms with Crippen LogP contribution in [0.15, 0.2) is 65.7 Å². The molecule has 0 saturated carbocycles. The second-order valence-corrected chi connectivity index (χ2v) is 8.53. The largest absolute Gasteiger partial charge is 0.497 e. The molecule has 0 spiro atoms. The summed E-state index contributed by atoms with van der Waals surface area (Å²) in [7, 11) is 3.10. The molecule has 1 heterocycles. The normalized spacial score (nSPS) is 12.1. The van der Waals surface area contributed by atoms with Crippen molar-refractivity contribution < 1.29 is 18.3 Å². The van der Waals surface area contributed by atoms with E-state index in [9.17, 15) is 0 Å². The number of benzene rings is 3. The standard InChI is InChI=1S/C26H26ClF2N5O2/c1-16-20-12-9-18(13-23(20)34(33-16)15-21-22(27)5-4-6-24(21)36-3)26(28,29)25(32-30)31-14-17-7-10-19(35-2)11-8-17/h4-13H,14-15,30H2,1-3H3,(H,31,32). The number of amidine groups is 1. The molecule has 10 heteroatoms. The molecule has 36 heavy (non-hydrogen) atoms. The maximum absolute atomic E-state index is 15.6. The fourth-order valence-electron chi connectivity index (χ4n) is 3.96. The number of nitrogens with zero attached hydrogens (tertiary/aromatic N) is 3. The highest BCUT2D eigenvalue weighted by molar-refractivity contribution is 6.31. The summed E-state index contributed by atoms with van der Waals surface area (Å²) in [6.07, 6.45) is 0. The number of nitrogens with one attached hydrogen (secondary N) is 1. The van der Waals surface area contributed by atoms with Crippen molar-refractivity contribution in [2.45, 2.75) is 25.9 Å². The van der Waals surface area contributed by atoms with Crippen LogP contribution in [0.4, 0.5) is 8.78 Å². The van der Waals surface area contributed by atoms with Crippen LogP contribution in [0.25, 0.3) is 10.9 Å². The number of aromatic nitrogens is 2. The van der Waals surface area contributed by atoms with Crippen LogP contribution in [0.2, 0.25) is 5.02 Å². The van der Waals surface area contributed by atoms with Crippen molar-refractivity contribution in [2.24, 2.45) is 10.8 Å². The monoisotopic (exact) mass is 513 g/mol. The van der Waals surface area contributed by atoms with E-state index in [2.05, 4.69) is 15.5 Å². The third-order valence-corrected chi connectivity index (χ3v) is 6.27. The van der Waals surface area contributed by atoms with Gasteiger partial charge in [0.25, 0.3) is 0 Å². The van der Waals surface area contributed by atoms with E-state index in [4.69, 9.17) is 26.9 Å². The van der Waals surface area contributed by atoms with Gasteiger partial charge in [0, 0.05) is 21.5 Å². The molecule has 0 aliphatic carbocycles. The molecule has 0 aliphatic heterocycles. The molecule has 0 amide bonds. The Balaban J connectivity index is 1.69. The van der Waals surface area contributed by atoms with Gasteiger partial charge in [-0.2, -0.15) is 13.9 Å². The Hall–Kier alpha value is -3.69. The Labute approximate surface area is 212 Å². The average molecular weight is 514 g/mol. The predicted molar refractivity (Wildman–Crippen MR) is 137 cm³/mol. The third-order valence-electron chi connectivity index (χ3n) is 5.92. The highest BCUT2D eigenvalue weighted by atomic mass is 35.5. The molecular formula is C26H26ClF2N5O2. The van der Waals surface area contributed by atoms with E-state index < -0.39 is 11.8 Å². The molecule has 4 rings (SSSR count). The summed E-state index contributed by atoms with van der Waals surface area (Å²) in [6, 6.07) is 16.7. The van der Waals surface area contributed by atoms with Gasteiger partial charge in [-0.1, -0.05) is 41.9 Å². The first-order valence-electron chi connectivity index (χ1n) is 11.1. The van der Waals surface area contributed by atoms with E-state index in [1.54, 1.807) is 67.4 Å². The molecule has 1 aromatic heterocycles. The van der Waals surface area contributed by atoms with Crippen LogP contribution < -0.4 is 20.7 Å². The smallest absolute Gasteiger partial charge is 0.330 e. The Kier molecular flexibility index (Phi) is 7.42. The number of alkyl halides is 2. The lowest BCUT2D eigenvalue weighted by atomic mass is 10.0. The summed E-state index contributed by atoms with van der Waals surface area (Å²) >= 11 is 6.40. The zero-order valence-corrected chi connectivity index (χ0v) is 20.8. The topological polar surface area (TPSA) is 86.7 Å². The first kappa shape index (κ1) is 25.4. The fraction of sp³-hybridized carbons (Fsp3) is 0.231. The van der Waals surface area contributed by atoms with Crippen molar-refractivity contribution >= 4 is 28.3 Å². The van der Waals surface area contributed by atoms with Crippen molar-refractivity contribution in [2.75, 3.05) is 14.2 Å². The van der Waals surface area contributed by atoms with Gasteiger partial charge in [0.1, 0.15) is 11.5 Å². The first-order valence-corrected chi connectivity index (χ1v) is 11.5. The first-order chi connectivity index (χ1) is 17.3. The van der Waals surface area contributed by atoms with E-state index in [-0.39, 0.29) is 18.7 Å². The Morgan fingerprint density at radius 2 is 1.86 bits per heavy atom. The summed E-state index contributed by atoms with van der Waals surface area (Å²) in [6.45, 7) is 2.09. The van der Waals surface area contributed by atoms with Crippen molar-refractivity contribution in [3.05, 3.63) is 88.1 Å². The van der Waals surface area contributed by atoms with Crippen LogP contribution >= 0.6 is 11.6 Å². The maximum Gasteiger partial charge on any atom is 0.330 e. The molecule has 0 unspecified atom stereocenters. The van der Waals surface area contributed by atoms with Crippen LogP contribution in [0.3, 0.4) is 0 Å². The van der Waals surface area contributed by atoms with E-state index in [1.807, 2.05) is 6.92 Å². The van der Waals surface area contributed by atoms with E-state index in [0.717, 1.165) is 10.9 Å². The minimum absolute atomic E-state index is 0.0186. The van der Waals surface area contributed by atoms with Gasteiger partial charge in [-0.15, -0.1) is 0 Å².